The van der Waals surface area contributed by atoms with Crippen molar-refractivity contribution in [3.63, 3.8) is 0 Å². The van der Waals surface area contributed by atoms with Gasteiger partial charge >= 0.3 is 5.82 Å². The first-order valence-corrected chi connectivity index (χ1v) is 7.31. The third-order valence-electron chi connectivity index (χ3n) is 3.87. The Morgan fingerprint density at radius 2 is 2.08 bits per heavy atom. The summed E-state index contributed by atoms with van der Waals surface area (Å²) in [6.07, 6.45) is 0. The van der Waals surface area contributed by atoms with Crippen molar-refractivity contribution in [1.29, 1.82) is 0 Å². The first-order chi connectivity index (χ1) is 11.4. The minimum Gasteiger partial charge on any atom is -0.358 e. The van der Waals surface area contributed by atoms with Crippen molar-refractivity contribution in [2.24, 2.45) is 7.05 Å². The van der Waals surface area contributed by atoms with E-state index in [2.05, 4.69) is 15.4 Å². The molecular formula is C15H16N6O3. The largest absolute Gasteiger partial charge is 0.390 e. The molecule has 0 aliphatic heterocycles. The highest BCUT2D eigenvalue weighted by Gasteiger charge is 2.25. The van der Waals surface area contributed by atoms with Gasteiger partial charge in [-0.05, 0) is 30.9 Å². The molecule has 0 aliphatic carbocycles. The fourth-order valence-electron chi connectivity index (χ4n) is 2.54. The number of imidazole rings is 1. The van der Waals surface area contributed by atoms with Crippen LogP contribution in [0.15, 0.2) is 30.3 Å². The third-order valence-corrected chi connectivity index (χ3v) is 3.87. The van der Waals surface area contributed by atoms with Crippen LogP contribution in [0, 0.1) is 17.0 Å². The van der Waals surface area contributed by atoms with Crippen molar-refractivity contribution >= 4 is 28.7 Å². The molecule has 1 aromatic carbocycles. The summed E-state index contributed by atoms with van der Waals surface area (Å²) in [6.45, 7) is 3.29. The average molecular weight is 328 g/mol. The van der Waals surface area contributed by atoms with Crippen molar-refractivity contribution in [3.8, 4) is 0 Å². The van der Waals surface area contributed by atoms with E-state index in [-0.39, 0.29) is 11.7 Å². The Balaban J connectivity index is 1.86. The lowest BCUT2D eigenvalue weighted by Gasteiger charge is -2.11. The number of hydrogen-bond acceptors (Lipinski definition) is 5. The number of rotatable bonds is 4. The molecule has 0 aliphatic rings. The van der Waals surface area contributed by atoms with Crippen LogP contribution in [0.2, 0.25) is 0 Å². The van der Waals surface area contributed by atoms with Gasteiger partial charge in [0.2, 0.25) is 5.95 Å². The van der Waals surface area contributed by atoms with Crippen molar-refractivity contribution in [3.05, 3.63) is 46.1 Å². The average Bonchev–Trinajstić information content (AvgIpc) is 3.08. The summed E-state index contributed by atoms with van der Waals surface area (Å²) >= 11 is 0. The molecule has 1 amide bonds. The van der Waals surface area contributed by atoms with Gasteiger partial charge in [-0.2, -0.15) is 4.68 Å². The Labute approximate surface area is 137 Å². The number of anilines is 1. The summed E-state index contributed by atoms with van der Waals surface area (Å²) in [6, 6.07) is 8.15. The molecule has 24 heavy (non-hydrogen) atoms. The molecule has 9 nitrogen and oxygen atoms in total. The van der Waals surface area contributed by atoms with E-state index in [9.17, 15) is 14.9 Å². The molecule has 3 aromatic rings. The number of hydrogen-bond donors (Lipinski definition) is 1. The van der Waals surface area contributed by atoms with E-state index >= 15 is 0 Å². The number of fused-ring (bicyclic) bond motifs is 1. The van der Waals surface area contributed by atoms with Crippen LogP contribution in [-0.2, 0) is 11.8 Å². The van der Waals surface area contributed by atoms with Gasteiger partial charge in [0.05, 0.1) is 27.9 Å². The van der Waals surface area contributed by atoms with Gasteiger partial charge < -0.3 is 14.7 Å². The standard InChI is InChI=1S/C15H16N6O3/c1-9-8-13(21(23)24)18-20(9)10(2)14(22)17-15-16-11-6-4-5-7-12(11)19(15)3/h4-8,10H,1-3H3,(H,16,17,22). The van der Waals surface area contributed by atoms with Crippen molar-refractivity contribution in [2.75, 3.05) is 5.32 Å². The summed E-state index contributed by atoms with van der Waals surface area (Å²) < 4.78 is 3.11. The highest BCUT2D eigenvalue weighted by Crippen LogP contribution is 2.20. The SMILES string of the molecule is Cc1cc([N+](=O)[O-])nn1C(C)C(=O)Nc1nc2ccccc2n1C. The highest BCUT2D eigenvalue weighted by atomic mass is 16.6. The molecular weight excluding hydrogens is 312 g/mol. The van der Waals surface area contributed by atoms with Crippen LogP contribution < -0.4 is 5.32 Å². The monoisotopic (exact) mass is 328 g/mol. The molecule has 0 fully saturated rings. The van der Waals surface area contributed by atoms with Gasteiger partial charge in [0.1, 0.15) is 6.04 Å². The number of amides is 1. The molecule has 2 heterocycles. The van der Waals surface area contributed by atoms with E-state index < -0.39 is 11.0 Å². The third kappa shape index (κ3) is 2.60. The van der Waals surface area contributed by atoms with Gasteiger partial charge in [-0.3, -0.25) is 10.1 Å². The number of carbonyl (C=O) groups excluding carboxylic acids is 1. The van der Waals surface area contributed by atoms with Crippen LogP contribution in [0.5, 0.6) is 0 Å². The predicted molar refractivity (Wildman–Crippen MR) is 87.7 cm³/mol. The number of carbonyl (C=O) groups is 1. The summed E-state index contributed by atoms with van der Waals surface area (Å²) in [5.41, 5.74) is 2.20. The second-order valence-corrected chi connectivity index (χ2v) is 5.49. The molecule has 0 bridgehead atoms. The minimum absolute atomic E-state index is 0.283. The van der Waals surface area contributed by atoms with E-state index in [0.717, 1.165) is 11.0 Å². The van der Waals surface area contributed by atoms with E-state index in [1.807, 2.05) is 24.3 Å². The minimum atomic E-state index is -0.710. The number of aryl methyl sites for hydroxylation is 2. The number of benzene rings is 1. The maximum Gasteiger partial charge on any atom is 0.390 e. The molecule has 0 radical (unpaired) electrons. The van der Waals surface area contributed by atoms with Crippen molar-refractivity contribution < 1.29 is 9.72 Å². The number of nitrogens with one attached hydrogen (secondary N) is 1. The van der Waals surface area contributed by atoms with Crippen molar-refractivity contribution in [1.82, 2.24) is 19.3 Å². The van der Waals surface area contributed by atoms with Crippen LogP contribution in [-0.4, -0.2) is 30.2 Å². The zero-order chi connectivity index (χ0) is 17.4. The van der Waals surface area contributed by atoms with Gasteiger partial charge in [0.25, 0.3) is 5.91 Å². The smallest absolute Gasteiger partial charge is 0.358 e. The lowest BCUT2D eigenvalue weighted by Crippen LogP contribution is -2.26. The van der Waals surface area contributed by atoms with E-state index in [0.29, 0.717) is 11.6 Å². The second kappa shape index (κ2) is 5.76. The van der Waals surface area contributed by atoms with Crippen LogP contribution >= 0.6 is 0 Å². The normalized spacial score (nSPS) is 12.3. The summed E-state index contributed by atoms with van der Waals surface area (Å²) in [5.74, 6) is -0.225. The molecule has 0 saturated heterocycles. The van der Waals surface area contributed by atoms with E-state index in [1.54, 1.807) is 25.5 Å². The molecule has 0 saturated carbocycles. The second-order valence-electron chi connectivity index (χ2n) is 5.49. The van der Waals surface area contributed by atoms with Crippen LogP contribution in [0.4, 0.5) is 11.8 Å². The van der Waals surface area contributed by atoms with E-state index in [4.69, 9.17) is 0 Å². The van der Waals surface area contributed by atoms with Gasteiger partial charge in [-0.25, -0.2) is 4.98 Å². The molecule has 3 rings (SSSR count). The van der Waals surface area contributed by atoms with Gasteiger partial charge in [0, 0.05) is 7.05 Å². The topological polar surface area (TPSA) is 108 Å². The first kappa shape index (κ1) is 15.7. The Morgan fingerprint density at radius 1 is 1.38 bits per heavy atom. The van der Waals surface area contributed by atoms with Gasteiger partial charge in [-0.1, -0.05) is 12.1 Å². The zero-order valence-corrected chi connectivity index (χ0v) is 13.4. The lowest BCUT2D eigenvalue weighted by atomic mass is 10.3. The number of aromatic nitrogens is 4. The quantitative estimate of drug-likeness (QED) is 0.583. The molecule has 1 atom stereocenters. The Morgan fingerprint density at radius 3 is 2.71 bits per heavy atom. The fraction of sp³-hybridized carbons (Fsp3) is 0.267. The number of nitrogens with zero attached hydrogens (tertiary/aromatic N) is 5. The lowest BCUT2D eigenvalue weighted by molar-refractivity contribution is -0.389. The Bertz CT molecular complexity index is 942. The predicted octanol–water partition coefficient (Wildman–Crippen LogP) is 2.19. The molecule has 1 unspecified atom stereocenters. The molecule has 1 N–H and O–H groups in total. The van der Waals surface area contributed by atoms with Crippen molar-refractivity contribution in [2.45, 2.75) is 19.9 Å². The highest BCUT2D eigenvalue weighted by molar-refractivity contribution is 5.93. The summed E-state index contributed by atoms with van der Waals surface area (Å²) in [7, 11) is 1.81. The van der Waals surface area contributed by atoms with Crippen LogP contribution in [0.1, 0.15) is 18.7 Å². The Kier molecular flexibility index (Phi) is 3.76. The van der Waals surface area contributed by atoms with Crippen LogP contribution in [0.25, 0.3) is 11.0 Å². The summed E-state index contributed by atoms with van der Waals surface area (Å²) in [4.78, 5) is 27.1. The van der Waals surface area contributed by atoms with E-state index in [1.165, 1.54) is 10.7 Å². The molecule has 9 heteroatoms. The first-order valence-electron chi connectivity index (χ1n) is 7.31. The molecule has 0 spiro atoms. The Hall–Kier alpha value is -3.23. The fourth-order valence-corrected chi connectivity index (χ4v) is 2.54. The molecule has 2 aromatic heterocycles. The summed E-state index contributed by atoms with van der Waals surface area (Å²) in [5, 5.41) is 17.4. The van der Waals surface area contributed by atoms with Gasteiger partial charge in [-0.15, -0.1) is 0 Å². The maximum absolute atomic E-state index is 12.5. The molecule has 124 valence electrons. The number of para-hydroxylation sites is 2. The van der Waals surface area contributed by atoms with Gasteiger partial charge in [0.15, 0.2) is 0 Å². The zero-order valence-electron chi connectivity index (χ0n) is 13.4. The number of nitro groups is 1. The maximum atomic E-state index is 12.5. The van der Waals surface area contributed by atoms with Crippen LogP contribution in [0.3, 0.4) is 0 Å².